The number of carbonyl (C=O) groups is 1. The van der Waals surface area contributed by atoms with Gasteiger partial charge in [-0.3, -0.25) is 4.79 Å². The largest absolute Gasteiger partial charge is 0.481 e. The van der Waals surface area contributed by atoms with Gasteiger partial charge in [0.25, 0.3) is 5.56 Å². The van der Waals surface area contributed by atoms with Crippen LogP contribution in [0.5, 0.6) is 5.75 Å². The number of aromatic nitrogens is 2. The molecule has 37 heavy (non-hydrogen) atoms. The minimum absolute atomic E-state index is 0.0323. The van der Waals surface area contributed by atoms with Crippen LogP contribution in [0.15, 0.2) is 76.6 Å². The minimum atomic E-state index is -4.56. The highest BCUT2D eigenvalue weighted by atomic mass is 127. The molecule has 4 rings (SSSR count). The molecule has 1 heterocycles. The molecule has 0 bridgehead atoms. The topological polar surface area (TPSA) is 82.8 Å². The fourth-order valence-electron chi connectivity index (χ4n) is 3.43. The van der Waals surface area contributed by atoms with Crippen molar-refractivity contribution in [1.29, 1.82) is 0 Å². The molecule has 0 fully saturated rings. The number of hydrogen-bond acceptors (Lipinski definition) is 6. The molecule has 7 nitrogen and oxygen atoms in total. The number of ether oxygens (including phenoxy) is 2. The predicted octanol–water partition coefficient (Wildman–Crippen LogP) is 5.51. The zero-order chi connectivity index (χ0) is 26.6. The Labute approximate surface area is 222 Å². The van der Waals surface area contributed by atoms with E-state index in [-0.39, 0.29) is 30.0 Å². The predicted molar refractivity (Wildman–Crippen MR) is 141 cm³/mol. The SMILES string of the molecule is CCOC(=O)COc1ccc(C=Nn2c(-c3cccc(C(F)(F)F)c3)nc3ccccc3c2=O)cc1I. The second kappa shape index (κ2) is 11.1. The molecule has 3 aromatic carbocycles. The van der Waals surface area contributed by atoms with E-state index < -0.39 is 23.3 Å². The van der Waals surface area contributed by atoms with Crippen LogP contribution in [0.4, 0.5) is 13.2 Å². The molecule has 0 aliphatic carbocycles. The van der Waals surface area contributed by atoms with Crippen LogP contribution in [0.25, 0.3) is 22.3 Å². The summed E-state index contributed by atoms with van der Waals surface area (Å²) in [7, 11) is 0. The average molecular weight is 621 g/mol. The summed E-state index contributed by atoms with van der Waals surface area (Å²) in [5, 5.41) is 4.55. The summed E-state index contributed by atoms with van der Waals surface area (Å²) in [4.78, 5) is 29.2. The van der Waals surface area contributed by atoms with Crippen LogP contribution < -0.4 is 10.3 Å². The Balaban J connectivity index is 1.74. The fourth-order valence-corrected chi connectivity index (χ4v) is 4.13. The van der Waals surface area contributed by atoms with Crippen molar-refractivity contribution in [2.24, 2.45) is 5.10 Å². The molecule has 11 heteroatoms. The molecule has 0 radical (unpaired) electrons. The molecule has 0 saturated heterocycles. The van der Waals surface area contributed by atoms with Gasteiger partial charge in [-0.25, -0.2) is 9.78 Å². The highest BCUT2D eigenvalue weighted by molar-refractivity contribution is 14.1. The summed E-state index contributed by atoms with van der Waals surface area (Å²) in [5.41, 5.74) is -0.381. The van der Waals surface area contributed by atoms with Gasteiger partial charge in [0, 0.05) is 5.56 Å². The van der Waals surface area contributed by atoms with Gasteiger partial charge in [0.15, 0.2) is 12.4 Å². The van der Waals surface area contributed by atoms with Gasteiger partial charge >= 0.3 is 12.1 Å². The molecule has 0 saturated carbocycles. The second-order valence-corrected chi connectivity index (χ2v) is 8.84. The third-order valence-electron chi connectivity index (χ3n) is 5.13. The maximum Gasteiger partial charge on any atom is 0.416 e. The standard InChI is InChI=1S/C26H19F3IN3O4/c1-2-36-23(34)15-37-22-11-10-16(12-20(22)30)14-31-33-24(17-6-5-7-18(13-17)26(27,28)29)32-21-9-4-3-8-19(21)25(33)35/h3-14H,2,15H2,1H3. The van der Waals surface area contributed by atoms with Crippen molar-refractivity contribution in [1.82, 2.24) is 9.66 Å². The minimum Gasteiger partial charge on any atom is -0.481 e. The van der Waals surface area contributed by atoms with Gasteiger partial charge in [0.2, 0.25) is 0 Å². The zero-order valence-electron chi connectivity index (χ0n) is 19.3. The summed E-state index contributed by atoms with van der Waals surface area (Å²) in [5.74, 6) is -0.0654. The van der Waals surface area contributed by atoms with Crippen LogP contribution in [0.3, 0.4) is 0 Å². The lowest BCUT2D eigenvalue weighted by Crippen LogP contribution is -2.20. The lowest BCUT2D eigenvalue weighted by molar-refractivity contribution is -0.145. The van der Waals surface area contributed by atoms with Crippen molar-refractivity contribution < 1.29 is 27.4 Å². The van der Waals surface area contributed by atoms with E-state index in [0.29, 0.717) is 20.4 Å². The van der Waals surface area contributed by atoms with Crippen LogP contribution in [0.2, 0.25) is 0 Å². The Kier molecular flexibility index (Phi) is 7.91. The maximum absolute atomic E-state index is 13.3. The first-order chi connectivity index (χ1) is 17.7. The van der Waals surface area contributed by atoms with E-state index in [1.54, 1.807) is 49.4 Å². The highest BCUT2D eigenvalue weighted by Gasteiger charge is 2.31. The number of fused-ring (bicyclic) bond motifs is 1. The van der Waals surface area contributed by atoms with Gasteiger partial charge < -0.3 is 9.47 Å². The summed E-state index contributed by atoms with van der Waals surface area (Å²) >= 11 is 2.03. The average Bonchev–Trinajstić information content (AvgIpc) is 2.87. The molecule has 0 unspecified atom stereocenters. The first kappa shape index (κ1) is 26.3. The Morgan fingerprint density at radius 1 is 1.11 bits per heavy atom. The van der Waals surface area contributed by atoms with Crippen molar-refractivity contribution in [3.05, 3.63) is 91.8 Å². The fraction of sp³-hybridized carbons (Fsp3) is 0.154. The van der Waals surface area contributed by atoms with E-state index in [1.807, 2.05) is 22.6 Å². The van der Waals surface area contributed by atoms with Crippen LogP contribution in [0, 0.1) is 3.57 Å². The lowest BCUT2D eigenvalue weighted by atomic mass is 10.1. The monoisotopic (exact) mass is 621 g/mol. The van der Waals surface area contributed by atoms with Crippen molar-refractivity contribution in [2.45, 2.75) is 13.1 Å². The number of benzene rings is 3. The van der Waals surface area contributed by atoms with Crippen molar-refractivity contribution in [3.63, 3.8) is 0 Å². The summed E-state index contributed by atoms with van der Waals surface area (Å²) in [6, 6.07) is 16.1. The van der Waals surface area contributed by atoms with E-state index in [2.05, 4.69) is 10.1 Å². The Bertz CT molecular complexity index is 1550. The van der Waals surface area contributed by atoms with Crippen molar-refractivity contribution in [3.8, 4) is 17.1 Å². The molecule has 0 amide bonds. The van der Waals surface area contributed by atoms with E-state index >= 15 is 0 Å². The van der Waals surface area contributed by atoms with Gasteiger partial charge in [0.1, 0.15) is 5.75 Å². The van der Waals surface area contributed by atoms with E-state index in [1.165, 1.54) is 18.3 Å². The van der Waals surface area contributed by atoms with Crippen LogP contribution in [-0.2, 0) is 15.7 Å². The number of carbonyl (C=O) groups excluding carboxylic acids is 1. The molecular formula is C26H19F3IN3O4. The highest BCUT2D eigenvalue weighted by Crippen LogP contribution is 2.32. The molecule has 4 aromatic rings. The number of esters is 1. The summed E-state index contributed by atoms with van der Waals surface area (Å²) in [6.45, 7) is 1.71. The Hall–Kier alpha value is -3.74. The van der Waals surface area contributed by atoms with Crippen LogP contribution >= 0.6 is 22.6 Å². The molecule has 190 valence electrons. The smallest absolute Gasteiger partial charge is 0.416 e. The number of alkyl halides is 3. The zero-order valence-corrected chi connectivity index (χ0v) is 21.5. The number of hydrogen-bond donors (Lipinski definition) is 0. The van der Waals surface area contributed by atoms with E-state index in [9.17, 15) is 22.8 Å². The quantitative estimate of drug-likeness (QED) is 0.155. The van der Waals surface area contributed by atoms with Gasteiger partial charge in [-0.2, -0.15) is 22.9 Å². The third kappa shape index (κ3) is 6.16. The lowest BCUT2D eigenvalue weighted by Gasteiger charge is -2.12. The van der Waals surface area contributed by atoms with Crippen LogP contribution in [0.1, 0.15) is 18.1 Å². The van der Waals surface area contributed by atoms with Gasteiger partial charge in [0.05, 0.1) is 32.9 Å². The summed E-state index contributed by atoms with van der Waals surface area (Å²) in [6.07, 6.45) is -3.17. The number of nitrogens with zero attached hydrogens (tertiary/aromatic N) is 3. The number of halogens is 4. The summed E-state index contributed by atoms with van der Waals surface area (Å²) < 4.78 is 52.0. The maximum atomic E-state index is 13.3. The normalized spacial score (nSPS) is 11.7. The second-order valence-electron chi connectivity index (χ2n) is 7.68. The first-order valence-electron chi connectivity index (χ1n) is 11.0. The molecular weight excluding hydrogens is 602 g/mol. The number of para-hydroxylation sites is 1. The molecule has 0 atom stereocenters. The van der Waals surface area contributed by atoms with Gasteiger partial charge in [-0.1, -0.05) is 24.3 Å². The van der Waals surface area contributed by atoms with Gasteiger partial charge in [-0.15, -0.1) is 0 Å². The first-order valence-corrected chi connectivity index (χ1v) is 12.1. The number of rotatable bonds is 7. The Morgan fingerprint density at radius 3 is 2.62 bits per heavy atom. The van der Waals surface area contributed by atoms with Gasteiger partial charge in [-0.05, 0) is 77.5 Å². The third-order valence-corrected chi connectivity index (χ3v) is 5.97. The Morgan fingerprint density at radius 2 is 1.89 bits per heavy atom. The van der Waals surface area contributed by atoms with E-state index in [0.717, 1.165) is 16.8 Å². The van der Waals surface area contributed by atoms with E-state index in [4.69, 9.17) is 9.47 Å². The van der Waals surface area contributed by atoms with Crippen molar-refractivity contribution in [2.75, 3.05) is 13.2 Å². The molecule has 0 aliphatic heterocycles. The molecule has 0 N–H and O–H groups in total. The van der Waals surface area contributed by atoms with Crippen LogP contribution in [-0.4, -0.2) is 35.1 Å². The van der Waals surface area contributed by atoms with Crippen molar-refractivity contribution >= 4 is 45.7 Å². The molecule has 0 aliphatic rings. The molecule has 1 aromatic heterocycles. The molecule has 0 spiro atoms.